The molecule has 1 saturated heterocycles. The van der Waals surface area contributed by atoms with Gasteiger partial charge in [-0.1, -0.05) is 12.1 Å². The molecule has 2 aliphatic rings. The summed E-state index contributed by atoms with van der Waals surface area (Å²) in [5.41, 5.74) is 1.59. The second-order valence-electron chi connectivity index (χ2n) is 8.60. The van der Waals surface area contributed by atoms with E-state index in [2.05, 4.69) is 4.90 Å². The van der Waals surface area contributed by atoms with Crippen LogP contribution < -0.4 is 14.2 Å². The third kappa shape index (κ3) is 4.83. The second-order valence-corrected chi connectivity index (χ2v) is 8.60. The highest BCUT2D eigenvalue weighted by atomic mass is 19.1. The second kappa shape index (κ2) is 9.77. The van der Waals surface area contributed by atoms with Crippen molar-refractivity contribution < 1.29 is 23.4 Å². The molecule has 0 saturated carbocycles. The normalized spacial score (nSPS) is 21.3. The molecule has 7 heteroatoms. The molecule has 2 atom stereocenters. The first-order chi connectivity index (χ1) is 15.5. The molecule has 0 N–H and O–H groups in total. The lowest BCUT2D eigenvalue weighted by atomic mass is 9.91. The van der Waals surface area contributed by atoms with Crippen LogP contribution in [0, 0.1) is 11.7 Å². The van der Waals surface area contributed by atoms with Gasteiger partial charge in [0.15, 0.2) is 11.6 Å². The Balaban J connectivity index is 1.52. The van der Waals surface area contributed by atoms with Crippen molar-refractivity contribution in [1.29, 1.82) is 0 Å². The number of rotatable bonds is 5. The first-order valence-corrected chi connectivity index (χ1v) is 11.1. The minimum Gasteiger partial charge on any atom is -0.497 e. The standard InChI is InChI=1S/C25H31FN2O4/c1-17(29)28-15-20-12-21(30-2)9-10-22(20)32-24(16-28)18-7-5-11-27(13-18)14-19-6-4-8-23(31-3)25(19)26/h4,6,8-10,12,18,24H,5,7,11,13-16H2,1-3H3/t18-,24-/m0/s1. The average molecular weight is 443 g/mol. The number of halogens is 1. The zero-order valence-electron chi connectivity index (χ0n) is 19.0. The lowest BCUT2D eigenvalue weighted by Gasteiger charge is -2.37. The van der Waals surface area contributed by atoms with Crippen LogP contribution >= 0.6 is 0 Å². The molecule has 0 spiro atoms. The van der Waals surface area contributed by atoms with Crippen molar-refractivity contribution >= 4 is 5.91 Å². The van der Waals surface area contributed by atoms with Crippen LogP contribution in [0.2, 0.25) is 0 Å². The third-order valence-corrected chi connectivity index (χ3v) is 6.48. The van der Waals surface area contributed by atoms with Crippen LogP contribution in [-0.2, 0) is 17.9 Å². The number of carbonyl (C=O) groups excluding carboxylic acids is 1. The summed E-state index contributed by atoms with van der Waals surface area (Å²) in [4.78, 5) is 16.4. The Morgan fingerprint density at radius 1 is 1.19 bits per heavy atom. The van der Waals surface area contributed by atoms with E-state index in [4.69, 9.17) is 14.2 Å². The van der Waals surface area contributed by atoms with E-state index in [1.165, 1.54) is 7.11 Å². The highest BCUT2D eigenvalue weighted by Crippen LogP contribution is 2.33. The summed E-state index contributed by atoms with van der Waals surface area (Å²) >= 11 is 0. The fraction of sp³-hybridized carbons (Fsp3) is 0.480. The van der Waals surface area contributed by atoms with Crippen LogP contribution in [0.1, 0.15) is 30.9 Å². The molecule has 0 bridgehead atoms. The molecule has 172 valence electrons. The molecular formula is C25H31FN2O4. The molecule has 2 aromatic rings. The summed E-state index contributed by atoms with van der Waals surface area (Å²) in [6.07, 6.45) is 1.90. The van der Waals surface area contributed by atoms with Gasteiger partial charge >= 0.3 is 0 Å². The molecule has 32 heavy (non-hydrogen) atoms. The Morgan fingerprint density at radius 3 is 2.78 bits per heavy atom. The Hall–Kier alpha value is -2.80. The predicted molar refractivity (Wildman–Crippen MR) is 119 cm³/mol. The Kier molecular flexibility index (Phi) is 6.84. The molecule has 2 aliphatic heterocycles. The Labute approximate surface area is 188 Å². The summed E-state index contributed by atoms with van der Waals surface area (Å²) in [5.74, 6) is 1.79. The van der Waals surface area contributed by atoms with Crippen LogP contribution in [-0.4, -0.2) is 55.7 Å². The molecule has 0 radical (unpaired) electrons. The number of piperidine rings is 1. The quantitative estimate of drug-likeness (QED) is 0.704. The minimum atomic E-state index is -0.298. The van der Waals surface area contributed by atoms with Gasteiger partial charge in [0.2, 0.25) is 5.91 Å². The molecule has 0 aliphatic carbocycles. The number of hydrogen-bond donors (Lipinski definition) is 0. The number of ether oxygens (including phenoxy) is 3. The van der Waals surface area contributed by atoms with Crippen LogP contribution in [0.3, 0.4) is 0 Å². The maximum absolute atomic E-state index is 14.7. The van der Waals surface area contributed by atoms with E-state index in [9.17, 15) is 9.18 Å². The van der Waals surface area contributed by atoms with Crippen molar-refractivity contribution in [3.63, 3.8) is 0 Å². The van der Waals surface area contributed by atoms with Crippen LogP contribution in [0.4, 0.5) is 4.39 Å². The number of amides is 1. The number of fused-ring (bicyclic) bond motifs is 1. The van der Waals surface area contributed by atoms with Crippen molar-refractivity contribution in [2.75, 3.05) is 33.9 Å². The van der Waals surface area contributed by atoms with Gasteiger partial charge in [0.25, 0.3) is 0 Å². The molecule has 0 unspecified atom stereocenters. The van der Waals surface area contributed by atoms with E-state index in [0.29, 0.717) is 25.2 Å². The lowest BCUT2D eigenvalue weighted by molar-refractivity contribution is -0.130. The highest BCUT2D eigenvalue weighted by Gasteiger charge is 2.34. The number of carbonyl (C=O) groups is 1. The topological polar surface area (TPSA) is 51.2 Å². The Bertz CT molecular complexity index is 967. The third-order valence-electron chi connectivity index (χ3n) is 6.48. The van der Waals surface area contributed by atoms with E-state index >= 15 is 0 Å². The predicted octanol–water partition coefficient (Wildman–Crippen LogP) is 3.86. The van der Waals surface area contributed by atoms with Crippen LogP contribution in [0.25, 0.3) is 0 Å². The molecule has 1 fully saturated rings. The number of nitrogens with zero attached hydrogens (tertiary/aromatic N) is 2. The van der Waals surface area contributed by atoms with E-state index in [-0.39, 0.29) is 29.5 Å². The van der Waals surface area contributed by atoms with Gasteiger partial charge in [0.05, 0.1) is 20.8 Å². The fourth-order valence-electron chi connectivity index (χ4n) is 4.71. The average Bonchev–Trinajstić information content (AvgIpc) is 3.00. The summed E-state index contributed by atoms with van der Waals surface area (Å²) in [6, 6.07) is 11.0. The van der Waals surface area contributed by atoms with Crippen molar-refractivity contribution in [1.82, 2.24) is 9.80 Å². The van der Waals surface area contributed by atoms with Crippen molar-refractivity contribution in [2.45, 2.75) is 39.0 Å². The van der Waals surface area contributed by atoms with Gasteiger partial charge in [-0.25, -0.2) is 4.39 Å². The van der Waals surface area contributed by atoms with Gasteiger partial charge in [0, 0.05) is 43.6 Å². The number of methoxy groups -OCH3 is 2. The van der Waals surface area contributed by atoms with E-state index in [1.807, 2.05) is 35.2 Å². The largest absolute Gasteiger partial charge is 0.497 e. The molecule has 4 rings (SSSR count). The molecule has 0 aromatic heterocycles. The molecular weight excluding hydrogens is 411 g/mol. The van der Waals surface area contributed by atoms with E-state index < -0.39 is 0 Å². The highest BCUT2D eigenvalue weighted by molar-refractivity contribution is 5.73. The van der Waals surface area contributed by atoms with E-state index in [0.717, 1.165) is 43.0 Å². The van der Waals surface area contributed by atoms with E-state index in [1.54, 1.807) is 20.1 Å². The van der Waals surface area contributed by atoms with Gasteiger partial charge in [-0.3, -0.25) is 9.69 Å². The summed E-state index contributed by atoms with van der Waals surface area (Å²) < 4.78 is 31.6. The summed E-state index contributed by atoms with van der Waals surface area (Å²) in [6.45, 7) is 4.86. The van der Waals surface area contributed by atoms with Gasteiger partial charge in [-0.15, -0.1) is 0 Å². The summed E-state index contributed by atoms with van der Waals surface area (Å²) in [5, 5.41) is 0. The first kappa shape index (κ1) is 22.4. The zero-order valence-corrected chi connectivity index (χ0v) is 19.0. The van der Waals surface area contributed by atoms with Gasteiger partial charge in [-0.2, -0.15) is 0 Å². The SMILES string of the molecule is COc1ccc2c(c1)CN(C(C)=O)C[C@@H]([C@H]1CCCN(Cc3cccc(OC)c3F)C1)O2. The zero-order chi connectivity index (χ0) is 22.7. The van der Waals surface area contributed by atoms with Crippen molar-refractivity contribution in [2.24, 2.45) is 5.92 Å². The van der Waals surface area contributed by atoms with Crippen LogP contribution in [0.5, 0.6) is 17.2 Å². The van der Waals surface area contributed by atoms with Crippen LogP contribution in [0.15, 0.2) is 36.4 Å². The molecule has 1 amide bonds. The number of hydrogen-bond acceptors (Lipinski definition) is 5. The molecule has 2 aromatic carbocycles. The lowest BCUT2D eigenvalue weighted by Crippen LogP contribution is -2.46. The van der Waals surface area contributed by atoms with Gasteiger partial charge < -0.3 is 19.1 Å². The van der Waals surface area contributed by atoms with Gasteiger partial charge in [-0.05, 0) is 43.7 Å². The first-order valence-electron chi connectivity index (χ1n) is 11.1. The monoisotopic (exact) mass is 442 g/mol. The minimum absolute atomic E-state index is 0.0281. The van der Waals surface area contributed by atoms with Crippen molar-refractivity contribution in [3.05, 3.63) is 53.3 Å². The maximum atomic E-state index is 14.7. The summed E-state index contributed by atoms with van der Waals surface area (Å²) in [7, 11) is 3.11. The number of likely N-dealkylation sites (tertiary alicyclic amines) is 1. The smallest absolute Gasteiger partial charge is 0.219 e. The fourth-order valence-corrected chi connectivity index (χ4v) is 4.71. The molecule has 6 nitrogen and oxygen atoms in total. The molecule has 2 heterocycles. The van der Waals surface area contributed by atoms with Crippen molar-refractivity contribution in [3.8, 4) is 17.2 Å². The number of benzene rings is 2. The Morgan fingerprint density at radius 2 is 2.03 bits per heavy atom. The van der Waals surface area contributed by atoms with Gasteiger partial charge in [0.1, 0.15) is 17.6 Å². The maximum Gasteiger partial charge on any atom is 0.219 e.